The van der Waals surface area contributed by atoms with Crippen molar-refractivity contribution in [3.8, 4) is 11.5 Å². The van der Waals surface area contributed by atoms with Crippen LogP contribution < -0.4 is 24.4 Å². The summed E-state index contributed by atoms with van der Waals surface area (Å²) >= 11 is 4.94. The fourth-order valence-electron chi connectivity index (χ4n) is 5.54. The minimum absolute atomic E-state index is 0.221. The van der Waals surface area contributed by atoms with E-state index in [2.05, 4.69) is 45.2 Å². The first-order valence-corrected chi connectivity index (χ1v) is 16.1. The topological polar surface area (TPSA) is 79.1 Å². The fourth-order valence-corrected chi connectivity index (χ4v) is 7.16. The van der Waals surface area contributed by atoms with Crippen molar-refractivity contribution in [1.82, 2.24) is 4.57 Å². The van der Waals surface area contributed by atoms with Crippen molar-refractivity contribution in [3.05, 3.63) is 137 Å². The first kappa shape index (κ1) is 30.6. The van der Waals surface area contributed by atoms with Gasteiger partial charge in [0, 0.05) is 0 Å². The number of methoxy groups -OCH3 is 1. The van der Waals surface area contributed by atoms with E-state index in [9.17, 15) is 9.59 Å². The number of carbonyl (C=O) groups excluding carboxylic acids is 1. The maximum absolute atomic E-state index is 14.0. The molecule has 2 heterocycles. The van der Waals surface area contributed by atoms with E-state index in [1.807, 2.05) is 61.5 Å². The normalized spacial score (nSPS) is 14.7. The van der Waals surface area contributed by atoms with Gasteiger partial charge < -0.3 is 14.2 Å². The molecule has 0 radical (unpaired) electrons. The number of esters is 1. The Bertz CT molecular complexity index is 2140. The maximum atomic E-state index is 14.0. The Balaban J connectivity index is 1.39. The third-order valence-electron chi connectivity index (χ3n) is 7.71. The molecule has 45 heavy (non-hydrogen) atoms. The van der Waals surface area contributed by atoms with E-state index in [1.165, 1.54) is 11.3 Å². The number of allylic oxidation sites excluding steroid dienone is 1. The van der Waals surface area contributed by atoms with E-state index >= 15 is 0 Å². The van der Waals surface area contributed by atoms with Gasteiger partial charge in [0.05, 0.1) is 40.0 Å². The van der Waals surface area contributed by atoms with Crippen LogP contribution in [0.2, 0.25) is 0 Å². The lowest BCUT2D eigenvalue weighted by molar-refractivity contribution is -0.139. The van der Waals surface area contributed by atoms with Crippen molar-refractivity contribution in [2.24, 2.45) is 4.99 Å². The Hall–Kier alpha value is -4.47. The Morgan fingerprint density at radius 3 is 2.56 bits per heavy atom. The first-order chi connectivity index (χ1) is 21.8. The molecule has 4 aromatic carbocycles. The second kappa shape index (κ2) is 12.9. The van der Waals surface area contributed by atoms with Gasteiger partial charge in [-0.1, -0.05) is 83.6 Å². The molecule has 228 valence electrons. The van der Waals surface area contributed by atoms with Crippen molar-refractivity contribution in [1.29, 1.82) is 0 Å². The van der Waals surface area contributed by atoms with Crippen molar-refractivity contribution >= 4 is 50.1 Å². The summed E-state index contributed by atoms with van der Waals surface area (Å²) in [5, 5.41) is 2.28. The number of thiazole rings is 1. The van der Waals surface area contributed by atoms with Crippen molar-refractivity contribution in [3.63, 3.8) is 0 Å². The predicted octanol–water partition coefficient (Wildman–Crippen LogP) is 6.61. The molecule has 1 aliphatic heterocycles. The van der Waals surface area contributed by atoms with Gasteiger partial charge in [-0.05, 0) is 82.4 Å². The predicted molar refractivity (Wildman–Crippen MR) is 181 cm³/mol. The Morgan fingerprint density at radius 2 is 1.80 bits per heavy atom. The van der Waals surface area contributed by atoms with Gasteiger partial charge in [0.25, 0.3) is 5.56 Å². The summed E-state index contributed by atoms with van der Waals surface area (Å²) in [5.74, 6) is 0.617. The van der Waals surface area contributed by atoms with Gasteiger partial charge in [0.15, 0.2) is 16.3 Å². The van der Waals surface area contributed by atoms with Crippen LogP contribution in [0, 0.1) is 6.92 Å². The molecule has 1 aliphatic rings. The molecule has 0 N–H and O–H groups in total. The number of nitrogens with zero attached hydrogens (tertiary/aromatic N) is 2. The van der Waals surface area contributed by atoms with E-state index in [-0.39, 0.29) is 12.2 Å². The molecule has 9 heteroatoms. The molecule has 0 unspecified atom stereocenters. The van der Waals surface area contributed by atoms with Crippen LogP contribution in [-0.2, 0) is 16.1 Å². The fraction of sp³-hybridized carbons (Fsp3) is 0.194. The van der Waals surface area contributed by atoms with E-state index < -0.39 is 12.0 Å². The van der Waals surface area contributed by atoms with Crippen LogP contribution in [0.4, 0.5) is 0 Å². The molecule has 6 rings (SSSR count). The van der Waals surface area contributed by atoms with Crippen molar-refractivity contribution in [2.75, 3.05) is 13.7 Å². The zero-order chi connectivity index (χ0) is 31.7. The molecule has 1 aromatic heterocycles. The summed E-state index contributed by atoms with van der Waals surface area (Å²) in [6.45, 7) is 6.11. The Morgan fingerprint density at radius 1 is 1.04 bits per heavy atom. The van der Waals surface area contributed by atoms with Crippen LogP contribution in [0.3, 0.4) is 0 Å². The second-order valence-corrected chi connectivity index (χ2v) is 12.5. The third kappa shape index (κ3) is 5.98. The number of aryl methyl sites for hydroxylation is 1. The average molecular weight is 684 g/mol. The summed E-state index contributed by atoms with van der Waals surface area (Å²) in [5.41, 5.74) is 4.34. The Labute approximate surface area is 272 Å². The van der Waals surface area contributed by atoms with Gasteiger partial charge in [-0.15, -0.1) is 0 Å². The van der Waals surface area contributed by atoms with Crippen LogP contribution in [0.5, 0.6) is 11.5 Å². The summed E-state index contributed by atoms with van der Waals surface area (Å²) in [7, 11) is 1.59. The number of benzene rings is 4. The molecule has 0 amide bonds. The maximum Gasteiger partial charge on any atom is 0.338 e. The molecule has 0 spiro atoms. The highest BCUT2D eigenvalue weighted by Gasteiger charge is 2.33. The van der Waals surface area contributed by atoms with Crippen molar-refractivity contribution < 1.29 is 19.0 Å². The highest BCUT2D eigenvalue weighted by molar-refractivity contribution is 9.10. The van der Waals surface area contributed by atoms with Gasteiger partial charge >= 0.3 is 5.97 Å². The highest BCUT2D eigenvalue weighted by Crippen LogP contribution is 2.38. The number of carbonyl (C=O) groups is 1. The highest BCUT2D eigenvalue weighted by atomic mass is 79.9. The van der Waals surface area contributed by atoms with E-state index in [0.29, 0.717) is 43.2 Å². The van der Waals surface area contributed by atoms with Crippen LogP contribution in [-0.4, -0.2) is 24.3 Å². The van der Waals surface area contributed by atoms with Gasteiger partial charge in [0.1, 0.15) is 6.61 Å². The standard InChI is InChI=1S/C36H31BrN2O5S/c1-5-43-35(41)31-22(3)38-36-39(32(31)25-15-13-21(2)14-16-25)34(40)30(45-36)19-23-17-28(37)33(29(18-23)42-4)44-20-26-11-8-10-24-9-6-7-12-27(24)26/h6-19,32H,5,20H2,1-4H3/b30-19-/t32-/m1/s1. The lowest BCUT2D eigenvalue weighted by Crippen LogP contribution is -2.39. The number of rotatable bonds is 8. The summed E-state index contributed by atoms with van der Waals surface area (Å²) in [6, 6.07) is 25.2. The zero-order valence-electron chi connectivity index (χ0n) is 25.3. The molecule has 0 saturated carbocycles. The van der Waals surface area contributed by atoms with Crippen LogP contribution in [0.1, 0.15) is 42.1 Å². The minimum atomic E-state index is -0.658. The smallest absolute Gasteiger partial charge is 0.338 e. The van der Waals surface area contributed by atoms with E-state index in [4.69, 9.17) is 14.2 Å². The molecule has 0 fully saturated rings. The van der Waals surface area contributed by atoms with Crippen molar-refractivity contribution in [2.45, 2.75) is 33.4 Å². The van der Waals surface area contributed by atoms with Crippen LogP contribution >= 0.6 is 27.3 Å². The molecular weight excluding hydrogens is 652 g/mol. The lowest BCUT2D eigenvalue weighted by atomic mass is 9.95. The molecule has 0 bridgehead atoms. The van der Waals surface area contributed by atoms with E-state index in [0.717, 1.165) is 33.0 Å². The summed E-state index contributed by atoms with van der Waals surface area (Å²) in [4.78, 5) is 32.3. The quantitative estimate of drug-likeness (QED) is 0.172. The average Bonchev–Trinajstić information content (AvgIpc) is 3.33. The molecular formula is C36H31BrN2O5S. The number of fused-ring (bicyclic) bond motifs is 2. The summed E-state index contributed by atoms with van der Waals surface area (Å²) in [6.07, 6.45) is 1.81. The Kier molecular flexibility index (Phi) is 8.74. The molecule has 7 nitrogen and oxygen atoms in total. The van der Waals surface area contributed by atoms with E-state index in [1.54, 1.807) is 31.6 Å². The number of hydrogen-bond acceptors (Lipinski definition) is 7. The lowest BCUT2D eigenvalue weighted by Gasteiger charge is -2.24. The minimum Gasteiger partial charge on any atom is -0.493 e. The molecule has 1 atom stereocenters. The number of aromatic nitrogens is 1. The molecule has 5 aromatic rings. The van der Waals surface area contributed by atoms with Crippen LogP contribution in [0.15, 0.2) is 104 Å². The largest absolute Gasteiger partial charge is 0.493 e. The second-order valence-electron chi connectivity index (χ2n) is 10.7. The SMILES string of the molecule is CCOC(=O)C1=C(C)N=c2s/c(=C\c3cc(Br)c(OCc4cccc5ccccc45)c(OC)c3)c(=O)n2[C@@H]1c1ccc(C)cc1. The number of ether oxygens (including phenoxy) is 3. The number of halogens is 1. The third-order valence-corrected chi connectivity index (χ3v) is 9.28. The van der Waals surface area contributed by atoms with Gasteiger partial charge in [-0.2, -0.15) is 0 Å². The monoisotopic (exact) mass is 682 g/mol. The van der Waals surface area contributed by atoms with Crippen LogP contribution in [0.25, 0.3) is 16.8 Å². The first-order valence-electron chi connectivity index (χ1n) is 14.5. The summed E-state index contributed by atoms with van der Waals surface area (Å²) < 4.78 is 20.2. The van der Waals surface area contributed by atoms with Gasteiger partial charge in [-0.3, -0.25) is 9.36 Å². The van der Waals surface area contributed by atoms with Gasteiger partial charge in [-0.25, -0.2) is 9.79 Å². The molecule has 0 saturated heterocycles. The van der Waals surface area contributed by atoms with Gasteiger partial charge in [0.2, 0.25) is 0 Å². The molecule has 0 aliphatic carbocycles. The zero-order valence-corrected chi connectivity index (χ0v) is 27.7. The number of hydrogen-bond donors (Lipinski definition) is 0.